The molecule has 0 unspecified atom stereocenters. The van der Waals surface area contributed by atoms with E-state index in [0.29, 0.717) is 10.8 Å². The first-order chi connectivity index (χ1) is 5.24. The molecule has 0 radical (unpaired) electrons. The highest BCUT2D eigenvalue weighted by atomic mass is 79.9. The van der Waals surface area contributed by atoms with Crippen molar-refractivity contribution in [2.24, 2.45) is 0 Å². The number of nitriles is 1. The molecule has 0 atom stereocenters. The molecule has 0 bridgehead atoms. The first-order valence-corrected chi connectivity index (χ1v) is 4.09. The van der Waals surface area contributed by atoms with Gasteiger partial charge in [-0.25, -0.2) is 4.98 Å². The monoisotopic (exact) mass is 230 g/mol. The third kappa shape index (κ3) is 2.18. The molecule has 0 saturated carbocycles. The standard InChI is InChI=1S/C7H4BrClN2/c8-5-1-2-7(9)11-6(5)3-4-10/h1-2H,3H2. The first-order valence-electron chi connectivity index (χ1n) is 2.92. The lowest BCUT2D eigenvalue weighted by molar-refractivity contribution is 1.10. The van der Waals surface area contributed by atoms with Crippen LogP contribution < -0.4 is 0 Å². The molecule has 2 nitrogen and oxygen atoms in total. The average molecular weight is 231 g/mol. The van der Waals surface area contributed by atoms with Crippen molar-refractivity contribution in [3.05, 3.63) is 27.5 Å². The summed E-state index contributed by atoms with van der Waals surface area (Å²) in [5.41, 5.74) is 0.681. The Bertz CT molecular complexity index is 306. The molecule has 56 valence electrons. The fourth-order valence-electron chi connectivity index (χ4n) is 0.657. The van der Waals surface area contributed by atoms with Gasteiger partial charge >= 0.3 is 0 Å². The normalized spacial score (nSPS) is 9.18. The van der Waals surface area contributed by atoms with Gasteiger partial charge in [0.1, 0.15) is 5.15 Å². The summed E-state index contributed by atoms with van der Waals surface area (Å²) in [7, 11) is 0. The summed E-state index contributed by atoms with van der Waals surface area (Å²) < 4.78 is 0.823. The molecular formula is C7H4BrClN2. The van der Waals surface area contributed by atoms with E-state index >= 15 is 0 Å². The molecule has 0 aliphatic rings. The van der Waals surface area contributed by atoms with Crippen molar-refractivity contribution in [2.45, 2.75) is 6.42 Å². The fourth-order valence-corrected chi connectivity index (χ4v) is 1.18. The van der Waals surface area contributed by atoms with Crippen LogP contribution in [0, 0.1) is 11.3 Å². The van der Waals surface area contributed by atoms with Gasteiger partial charge in [-0.05, 0) is 28.1 Å². The van der Waals surface area contributed by atoms with Gasteiger partial charge in [0.15, 0.2) is 0 Å². The second-order valence-corrected chi connectivity index (χ2v) is 3.14. The third-order valence-electron chi connectivity index (χ3n) is 1.13. The van der Waals surface area contributed by atoms with Crippen molar-refractivity contribution in [2.75, 3.05) is 0 Å². The van der Waals surface area contributed by atoms with E-state index in [1.165, 1.54) is 0 Å². The van der Waals surface area contributed by atoms with Gasteiger partial charge in [0, 0.05) is 4.47 Å². The smallest absolute Gasteiger partial charge is 0.129 e. The summed E-state index contributed by atoms with van der Waals surface area (Å²) in [6.07, 6.45) is 0.279. The molecule has 0 aromatic carbocycles. The van der Waals surface area contributed by atoms with Crippen LogP contribution in [0.2, 0.25) is 5.15 Å². The van der Waals surface area contributed by atoms with E-state index in [9.17, 15) is 0 Å². The van der Waals surface area contributed by atoms with Crippen molar-refractivity contribution in [3.63, 3.8) is 0 Å². The quantitative estimate of drug-likeness (QED) is 0.697. The highest BCUT2D eigenvalue weighted by Gasteiger charge is 2.00. The largest absolute Gasteiger partial charge is 0.239 e. The molecule has 0 fully saturated rings. The molecule has 1 aromatic rings. The summed E-state index contributed by atoms with van der Waals surface area (Å²) in [5, 5.41) is 8.80. The number of aromatic nitrogens is 1. The minimum absolute atomic E-state index is 0.279. The summed E-state index contributed by atoms with van der Waals surface area (Å²) in [6, 6.07) is 5.45. The lowest BCUT2D eigenvalue weighted by Gasteiger charge is -1.97. The maximum absolute atomic E-state index is 8.38. The van der Waals surface area contributed by atoms with E-state index < -0.39 is 0 Å². The minimum atomic E-state index is 0.279. The van der Waals surface area contributed by atoms with Crippen LogP contribution in [-0.2, 0) is 6.42 Å². The Hall–Kier alpha value is -0.590. The summed E-state index contributed by atoms with van der Waals surface area (Å²) in [5.74, 6) is 0. The van der Waals surface area contributed by atoms with Crippen molar-refractivity contribution in [3.8, 4) is 6.07 Å². The summed E-state index contributed by atoms with van der Waals surface area (Å²) in [4.78, 5) is 3.96. The van der Waals surface area contributed by atoms with Crippen LogP contribution in [-0.4, -0.2) is 4.98 Å². The minimum Gasteiger partial charge on any atom is -0.239 e. The van der Waals surface area contributed by atoms with E-state index in [1.54, 1.807) is 12.1 Å². The molecule has 0 aliphatic heterocycles. The van der Waals surface area contributed by atoms with Gasteiger partial charge in [-0.1, -0.05) is 11.6 Å². The van der Waals surface area contributed by atoms with Crippen molar-refractivity contribution in [1.29, 1.82) is 5.26 Å². The molecule has 11 heavy (non-hydrogen) atoms. The Labute approximate surface area is 77.9 Å². The van der Waals surface area contributed by atoms with Crippen LogP contribution in [0.5, 0.6) is 0 Å². The zero-order valence-corrected chi connectivity index (χ0v) is 7.85. The molecule has 0 saturated heterocycles. The van der Waals surface area contributed by atoms with Crippen LogP contribution in [0.3, 0.4) is 0 Å². The van der Waals surface area contributed by atoms with Crippen LogP contribution in [0.4, 0.5) is 0 Å². The Balaban J connectivity index is 3.05. The first kappa shape index (κ1) is 8.51. The molecule has 1 heterocycles. The van der Waals surface area contributed by atoms with Gasteiger partial charge in [0.25, 0.3) is 0 Å². The number of pyridine rings is 1. The van der Waals surface area contributed by atoms with Gasteiger partial charge in [0.05, 0.1) is 18.2 Å². The predicted octanol–water partition coefficient (Wildman–Crippen LogP) is 2.56. The molecular weight excluding hydrogens is 227 g/mol. The number of nitrogens with zero attached hydrogens (tertiary/aromatic N) is 2. The van der Waals surface area contributed by atoms with Gasteiger partial charge in [-0.3, -0.25) is 0 Å². The van der Waals surface area contributed by atoms with Crippen molar-refractivity contribution in [1.82, 2.24) is 4.98 Å². The molecule has 1 aromatic heterocycles. The Morgan fingerprint density at radius 3 is 3.00 bits per heavy atom. The molecule has 0 amide bonds. The molecule has 0 spiro atoms. The fraction of sp³-hybridized carbons (Fsp3) is 0.143. The number of hydrogen-bond acceptors (Lipinski definition) is 2. The van der Waals surface area contributed by atoms with Gasteiger partial charge in [-0.2, -0.15) is 5.26 Å². The number of rotatable bonds is 1. The van der Waals surface area contributed by atoms with Gasteiger partial charge in [0.2, 0.25) is 0 Å². The van der Waals surface area contributed by atoms with E-state index in [-0.39, 0.29) is 6.42 Å². The van der Waals surface area contributed by atoms with Gasteiger partial charge in [-0.15, -0.1) is 0 Å². The molecule has 4 heteroatoms. The third-order valence-corrected chi connectivity index (χ3v) is 2.06. The maximum Gasteiger partial charge on any atom is 0.129 e. The summed E-state index contributed by atoms with van der Waals surface area (Å²) >= 11 is 8.87. The highest BCUT2D eigenvalue weighted by molar-refractivity contribution is 9.10. The molecule has 1 rings (SSSR count). The van der Waals surface area contributed by atoms with Crippen LogP contribution in [0.15, 0.2) is 16.6 Å². The van der Waals surface area contributed by atoms with Crippen molar-refractivity contribution < 1.29 is 0 Å². The van der Waals surface area contributed by atoms with Crippen molar-refractivity contribution >= 4 is 27.5 Å². The second-order valence-electron chi connectivity index (χ2n) is 1.90. The van der Waals surface area contributed by atoms with Gasteiger partial charge < -0.3 is 0 Å². The molecule has 0 aliphatic carbocycles. The Morgan fingerprint density at radius 2 is 2.36 bits per heavy atom. The Morgan fingerprint density at radius 1 is 1.64 bits per heavy atom. The van der Waals surface area contributed by atoms with E-state index in [2.05, 4.69) is 20.9 Å². The van der Waals surface area contributed by atoms with Crippen LogP contribution in [0.1, 0.15) is 5.69 Å². The van der Waals surface area contributed by atoms with E-state index in [1.807, 2.05) is 6.07 Å². The lowest BCUT2D eigenvalue weighted by Crippen LogP contribution is -1.89. The second kappa shape index (κ2) is 3.70. The van der Waals surface area contributed by atoms with Crippen LogP contribution >= 0.6 is 27.5 Å². The topological polar surface area (TPSA) is 36.7 Å². The zero-order valence-electron chi connectivity index (χ0n) is 5.51. The number of halogens is 2. The predicted molar refractivity (Wildman–Crippen MR) is 46.3 cm³/mol. The SMILES string of the molecule is N#CCc1nc(Cl)ccc1Br. The summed E-state index contributed by atoms with van der Waals surface area (Å²) in [6.45, 7) is 0. The Kier molecular flexibility index (Phi) is 2.86. The van der Waals surface area contributed by atoms with E-state index in [4.69, 9.17) is 16.9 Å². The molecule has 0 N–H and O–H groups in total. The van der Waals surface area contributed by atoms with E-state index in [0.717, 1.165) is 4.47 Å². The number of hydrogen-bond donors (Lipinski definition) is 0. The maximum atomic E-state index is 8.38. The highest BCUT2D eigenvalue weighted by Crippen LogP contribution is 2.17. The van der Waals surface area contributed by atoms with Crippen LogP contribution in [0.25, 0.3) is 0 Å². The average Bonchev–Trinajstić information content (AvgIpc) is 1.98. The lowest BCUT2D eigenvalue weighted by atomic mass is 10.3. The zero-order chi connectivity index (χ0) is 8.27.